The van der Waals surface area contributed by atoms with Gasteiger partial charge in [-0.25, -0.2) is 14.2 Å². The van der Waals surface area contributed by atoms with Crippen molar-refractivity contribution in [1.82, 2.24) is 0 Å². The molecular formula is C23H16FNO3. The first-order valence-electron chi connectivity index (χ1n) is 8.73. The number of benzene rings is 3. The van der Waals surface area contributed by atoms with E-state index >= 15 is 0 Å². The summed E-state index contributed by atoms with van der Waals surface area (Å²) in [7, 11) is 0. The molecule has 0 amide bonds. The molecule has 0 saturated heterocycles. The highest BCUT2D eigenvalue weighted by Gasteiger charge is 2.24. The smallest absolute Gasteiger partial charge is 0.363 e. The van der Waals surface area contributed by atoms with Gasteiger partial charge in [-0.1, -0.05) is 48.5 Å². The summed E-state index contributed by atoms with van der Waals surface area (Å²) in [6.45, 7) is 0.412. The number of ether oxygens (including phenoxy) is 2. The quantitative estimate of drug-likeness (QED) is 0.479. The lowest BCUT2D eigenvalue weighted by Gasteiger charge is -2.09. The Balaban J connectivity index is 1.58. The zero-order valence-electron chi connectivity index (χ0n) is 14.8. The van der Waals surface area contributed by atoms with Gasteiger partial charge in [-0.05, 0) is 42.0 Å². The zero-order valence-corrected chi connectivity index (χ0v) is 14.8. The highest BCUT2D eigenvalue weighted by molar-refractivity contribution is 6.12. The summed E-state index contributed by atoms with van der Waals surface area (Å²) in [6, 6.07) is 22.8. The molecule has 0 unspecified atom stereocenters. The van der Waals surface area contributed by atoms with Crippen LogP contribution in [0.1, 0.15) is 16.7 Å². The second kappa shape index (κ2) is 7.88. The van der Waals surface area contributed by atoms with Crippen LogP contribution in [-0.2, 0) is 16.1 Å². The predicted molar refractivity (Wildman–Crippen MR) is 104 cm³/mol. The van der Waals surface area contributed by atoms with Gasteiger partial charge in [0.05, 0.1) is 0 Å². The van der Waals surface area contributed by atoms with E-state index in [0.29, 0.717) is 17.9 Å². The molecule has 0 radical (unpaired) electrons. The summed E-state index contributed by atoms with van der Waals surface area (Å²) in [5.74, 6) is -0.137. The first-order chi connectivity index (χ1) is 13.7. The lowest BCUT2D eigenvalue weighted by atomic mass is 10.1. The fourth-order valence-corrected chi connectivity index (χ4v) is 2.74. The van der Waals surface area contributed by atoms with E-state index in [9.17, 15) is 9.18 Å². The number of halogens is 1. The molecule has 0 saturated carbocycles. The Morgan fingerprint density at radius 3 is 2.43 bits per heavy atom. The van der Waals surface area contributed by atoms with E-state index in [0.717, 1.165) is 11.1 Å². The van der Waals surface area contributed by atoms with Crippen molar-refractivity contribution in [2.24, 2.45) is 4.99 Å². The van der Waals surface area contributed by atoms with E-state index in [2.05, 4.69) is 4.99 Å². The number of hydrogen-bond acceptors (Lipinski definition) is 4. The van der Waals surface area contributed by atoms with Gasteiger partial charge in [0.15, 0.2) is 5.70 Å². The molecule has 4 rings (SSSR count). The molecule has 138 valence electrons. The van der Waals surface area contributed by atoms with E-state index < -0.39 is 5.97 Å². The molecule has 0 bridgehead atoms. The van der Waals surface area contributed by atoms with Gasteiger partial charge in [-0.2, -0.15) is 0 Å². The van der Waals surface area contributed by atoms with Crippen molar-refractivity contribution in [3.05, 3.63) is 107 Å². The van der Waals surface area contributed by atoms with Gasteiger partial charge in [-0.3, -0.25) is 0 Å². The van der Waals surface area contributed by atoms with Crippen LogP contribution >= 0.6 is 0 Å². The summed E-state index contributed by atoms with van der Waals surface area (Å²) in [5.41, 5.74) is 2.46. The Bertz CT molecular complexity index is 1060. The number of carbonyl (C=O) groups excluding carboxylic acids is 1. The molecule has 0 fully saturated rings. The maximum Gasteiger partial charge on any atom is 0.363 e. The highest BCUT2D eigenvalue weighted by atomic mass is 19.1. The predicted octanol–water partition coefficient (Wildman–Crippen LogP) is 4.75. The molecule has 3 aromatic rings. The minimum absolute atomic E-state index is 0.152. The van der Waals surface area contributed by atoms with Gasteiger partial charge in [0, 0.05) is 11.1 Å². The van der Waals surface area contributed by atoms with Gasteiger partial charge in [0.1, 0.15) is 18.2 Å². The summed E-state index contributed by atoms with van der Waals surface area (Å²) >= 11 is 0. The fourth-order valence-electron chi connectivity index (χ4n) is 2.74. The molecule has 0 N–H and O–H groups in total. The van der Waals surface area contributed by atoms with Crippen molar-refractivity contribution < 1.29 is 18.7 Å². The van der Waals surface area contributed by atoms with E-state index in [4.69, 9.17) is 9.47 Å². The van der Waals surface area contributed by atoms with Crippen LogP contribution in [0.15, 0.2) is 89.6 Å². The van der Waals surface area contributed by atoms with E-state index in [1.165, 1.54) is 24.3 Å². The first-order valence-corrected chi connectivity index (χ1v) is 8.73. The van der Waals surface area contributed by atoms with Crippen LogP contribution in [0, 0.1) is 5.82 Å². The highest BCUT2D eigenvalue weighted by Crippen LogP contribution is 2.25. The third-order valence-corrected chi connectivity index (χ3v) is 4.16. The van der Waals surface area contributed by atoms with Crippen LogP contribution in [0.4, 0.5) is 4.39 Å². The molecule has 0 spiro atoms. The standard InChI is InChI=1S/C23H16FNO3/c24-19-12-10-17(11-13-19)22-25-20(23(26)28-22)14-18-8-4-5-9-21(18)27-15-16-6-2-1-3-7-16/h1-14H,15H2/b20-14+. The van der Waals surface area contributed by atoms with E-state index in [1.807, 2.05) is 54.6 Å². The van der Waals surface area contributed by atoms with Crippen LogP contribution in [0.2, 0.25) is 0 Å². The molecular weight excluding hydrogens is 357 g/mol. The zero-order chi connectivity index (χ0) is 19.3. The third kappa shape index (κ3) is 3.99. The van der Waals surface area contributed by atoms with Crippen LogP contribution < -0.4 is 4.74 Å². The van der Waals surface area contributed by atoms with Crippen LogP contribution in [0.3, 0.4) is 0 Å². The molecule has 0 atom stereocenters. The van der Waals surface area contributed by atoms with Crippen LogP contribution in [-0.4, -0.2) is 11.9 Å². The number of cyclic esters (lactones) is 1. The number of carbonyl (C=O) groups is 1. The lowest BCUT2D eigenvalue weighted by molar-refractivity contribution is -0.129. The topological polar surface area (TPSA) is 47.9 Å². The fraction of sp³-hybridized carbons (Fsp3) is 0.0435. The maximum atomic E-state index is 13.1. The van der Waals surface area contributed by atoms with E-state index in [1.54, 1.807) is 6.08 Å². The molecule has 1 aliphatic rings. The van der Waals surface area contributed by atoms with Gasteiger partial charge in [0.2, 0.25) is 5.90 Å². The summed E-state index contributed by atoms with van der Waals surface area (Å²) in [5, 5.41) is 0. The number of hydrogen-bond donors (Lipinski definition) is 0. The number of esters is 1. The van der Waals surface area contributed by atoms with Crippen molar-refractivity contribution in [2.45, 2.75) is 6.61 Å². The van der Waals surface area contributed by atoms with Gasteiger partial charge >= 0.3 is 5.97 Å². The van der Waals surface area contributed by atoms with Crippen molar-refractivity contribution in [3.8, 4) is 5.75 Å². The van der Waals surface area contributed by atoms with Crippen LogP contribution in [0.25, 0.3) is 6.08 Å². The molecule has 0 aromatic heterocycles. The Kier molecular flexibility index (Phi) is 4.97. The van der Waals surface area contributed by atoms with Crippen molar-refractivity contribution in [2.75, 3.05) is 0 Å². The Morgan fingerprint density at radius 2 is 1.64 bits per heavy atom. The lowest BCUT2D eigenvalue weighted by Crippen LogP contribution is -2.05. The summed E-state index contributed by atoms with van der Waals surface area (Å²) in [4.78, 5) is 16.5. The average Bonchev–Trinajstić information content (AvgIpc) is 3.09. The summed E-state index contributed by atoms with van der Waals surface area (Å²) in [6.07, 6.45) is 1.62. The molecule has 1 aliphatic heterocycles. The Labute approximate surface area is 161 Å². The molecule has 4 nitrogen and oxygen atoms in total. The summed E-state index contributed by atoms with van der Waals surface area (Å²) < 4.78 is 24.2. The number of nitrogens with zero attached hydrogens (tertiary/aromatic N) is 1. The van der Waals surface area contributed by atoms with Gasteiger partial charge < -0.3 is 9.47 Å². The second-order valence-electron chi connectivity index (χ2n) is 6.16. The first kappa shape index (κ1) is 17.7. The normalized spacial score (nSPS) is 14.7. The number of rotatable bonds is 5. The Morgan fingerprint density at radius 1 is 0.929 bits per heavy atom. The SMILES string of the molecule is O=C1OC(c2ccc(F)cc2)=N/C1=C/c1ccccc1OCc1ccccc1. The maximum absolute atomic E-state index is 13.1. The molecule has 0 aliphatic carbocycles. The Hall–Kier alpha value is -3.73. The largest absolute Gasteiger partial charge is 0.488 e. The number of aliphatic imine (C=N–C) groups is 1. The molecule has 28 heavy (non-hydrogen) atoms. The third-order valence-electron chi connectivity index (χ3n) is 4.16. The second-order valence-corrected chi connectivity index (χ2v) is 6.16. The number of para-hydroxylation sites is 1. The monoisotopic (exact) mass is 373 g/mol. The van der Waals surface area contributed by atoms with Crippen LogP contribution in [0.5, 0.6) is 5.75 Å². The minimum atomic E-state index is -0.558. The van der Waals surface area contributed by atoms with E-state index in [-0.39, 0.29) is 17.4 Å². The van der Waals surface area contributed by atoms with Crippen molar-refractivity contribution >= 4 is 17.9 Å². The molecule has 1 heterocycles. The van der Waals surface area contributed by atoms with Gasteiger partial charge in [0.25, 0.3) is 0 Å². The van der Waals surface area contributed by atoms with Crippen molar-refractivity contribution in [3.63, 3.8) is 0 Å². The van der Waals surface area contributed by atoms with Crippen molar-refractivity contribution in [1.29, 1.82) is 0 Å². The van der Waals surface area contributed by atoms with Gasteiger partial charge in [-0.15, -0.1) is 0 Å². The molecule has 3 aromatic carbocycles. The average molecular weight is 373 g/mol. The molecule has 5 heteroatoms. The minimum Gasteiger partial charge on any atom is -0.488 e.